The smallest absolute Gasteiger partial charge is 0.223 e. The summed E-state index contributed by atoms with van der Waals surface area (Å²) in [4.78, 5) is 15.6. The Morgan fingerprint density at radius 3 is 3.00 bits per heavy atom. The lowest BCUT2D eigenvalue weighted by Crippen LogP contribution is -2.36. The van der Waals surface area contributed by atoms with Crippen molar-refractivity contribution >= 4 is 17.2 Å². The number of rotatable bonds is 4. The van der Waals surface area contributed by atoms with Crippen molar-refractivity contribution in [3.63, 3.8) is 0 Å². The Hall–Kier alpha value is -1.81. The Kier molecular flexibility index (Phi) is 4.25. The molecule has 0 atom stereocenters. The molecule has 1 amide bonds. The van der Waals surface area contributed by atoms with Crippen molar-refractivity contribution in [2.75, 3.05) is 13.7 Å². The molecule has 0 spiro atoms. The van der Waals surface area contributed by atoms with Crippen LogP contribution < -0.4 is 4.74 Å². The highest BCUT2D eigenvalue weighted by Crippen LogP contribution is 2.24. The average molecular weight is 301 g/mol. The quantitative estimate of drug-likeness (QED) is 0.867. The first-order valence-corrected chi connectivity index (χ1v) is 8.10. The lowest BCUT2D eigenvalue weighted by Gasteiger charge is -2.29. The highest BCUT2D eigenvalue weighted by Gasteiger charge is 2.20. The molecule has 2 heterocycles. The molecule has 1 aromatic carbocycles. The van der Waals surface area contributed by atoms with E-state index in [4.69, 9.17) is 4.74 Å². The topological polar surface area (TPSA) is 29.5 Å². The highest BCUT2D eigenvalue weighted by molar-refractivity contribution is 7.09. The van der Waals surface area contributed by atoms with Gasteiger partial charge < -0.3 is 9.64 Å². The summed E-state index contributed by atoms with van der Waals surface area (Å²) >= 11 is 1.72. The molecule has 21 heavy (non-hydrogen) atoms. The van der Waals surface area contributed by atoms with E-state index in [1.807, 2.05) is 17.0 Å². The zero-order valence-corrected chi connectivity index (χ0v) is 13.0. The van der Waals surface area contributed by atoms with Gasteiger partial charge in [0.2, 0.25) is 5.91 Å². The summed E-state index contributed by atoms with van der Waals surface area (Å²) in [5.74, 6) is 1.15. The number of carbonyl (C=O) groups excluding carboxylic acids is 1. The molecule has 0 bridgehead atoms. The summed E-state index contributed by atoms with van der Waals surface area (Å²) in [6.45, 7) is 1.53. The van der Waals surface area contributed by atoms with E-state index in [2.05, 4.69) is 23.6 Å². The Balaban J connectivity index is 1.61. The summed E-state index contributed by atoms with van der Waals surface area (Å²) in [6, 6.07) is 10.3. The second-order valence-electron chi connectivity index (χ2n) is 5.28. The van der Waals surface area contributed by atoms with Crippen LogP contribution in [-0.4, -0.2) is 24.5 Å². The van der Waals surface area contributed by atoms with E-state index in [1.165, 1.54) is 16.0 Å². The maximum absolute atomic E-state index is 12.3. The third-order valence-corrected chi connectivity index (χ3v) is 4.88. The zero-order chi connectivity index (χ0) is 14.7. The Morgan fingerprint density at radius 1 is 1.33 bits per heavy atom. The fraction of sp³-hybridized carbons (Fsp3) is 0.353. The van der Waals surface area contributed by atoms with Crippen molar-refractivity contribution in [3.8, 4) is 5.75 Å². The molecule has 3 nitrogen and oxygen atoms in total. The van der Waals surface area contributed by atoms with Gasteiger partial charge in [-0.2, -0.15) is 0 Å². The van der Waals surface area contributed by atoms with E-state index in [0.717, 1.165) is 31.7 Å². The number of ether oxygens (including phenoxy) is 1. The van der Waals surface area contributed by atoms with Crippen LogP contribution in [0.4, 0.5) is 0 Å². The number of hydrogen-bond donors (Lipinski definition) is 0. The molecule has 0 saturated carbocycles. The summed E-state index contributed by atoms with van der Waals surface area (Å²) in [5.41, 5.74) is 2.54. The molecule has 0 radical (unpaired) electrons. The molecule has 2 aromatic rings. The molecular formula is C17H19NO2S. The van der Waals surface area contributed by atoms with Gasteiger partial charge in [-0.05, 0) is 47.5 Å². The number of benzene rings is 1. The molecule has 1 aliphatic heterocycles. The number of amides is 1. The molecule has 0 unspecified atom stereocenters. The van der Waals surface area contributed by atoms with Crippen molar-refractivity contribution in [1.29, 1.82) is 0 Å². The van der Waals surface area contributed by atoms with Crippen LogP contribution in [0.2, 0.25) is 0 Å². The Labute approximate surface area is 129 Å². The number of fused-ring (bicyclic) bond motifs is 1. The third-order valence-electron chi connectivity index (χ3n) is 3.94. The first-order valence-electron chi connectivity index (χ1n) is 7.22. The SMILES string of the molecule is COc1ccc2c(c1)CCN(C(=O)CCc1cccs1)C2. The number of methoxy groups -OCH3 is 1. The minimum Gasteiger partial charge on any atom is -0.497 e. The second-order valence-corrected chi connectivity index (χ2v) is 6.31. The maximum atomic E-state index is 12.3. The fourth-order valence-electron chi connectivity index (χ4n) is 2.71. The van der Waals surface area contributed by atoms with Gasteiger partial charge in [-0.1, -0.05) is 12.1 Å². The summed E-state index contributed by atoms with van der Waals surface area (Å²) in [5, 5.41) is 2.06. The van der Waals surface area contributed by atoms with Gasteiger partial charge in [0, 0.05) is 24.4 Å². The standard InChI is InChI=1S/C17H19NO2S/c1-20-15-5-4-14-12-18(9-8-13(14)11-15)17(19)7-6-16-3-2-10-21-16/h2-5,10-11H,6-9,12H2,1H3. The molecule has 3 rings (SSSR count). The van der Waals surface area contributed by atoms with Gasteiger partial charge in [0.05, 0.1) is 7.11 Å². The normalized spacial score (nSPS) is 13.9. The van der Waals surface area contributed by atoms with Crippen LogP contribution in [0.25, 0.3) is 0 Å². The molecule has 4 heteroatoms. The largest absolute Gasteiger partial charge is 0.497 e. The zero-order valence-electron chi connectivity index (χ0n) is 12.2. The maximum Gasteiger partial charge on any atom is 0.223 e. The van der Waals surface area contributed by atoms with Crippen LogP contribution >= 0.6 is 11.3 Å². The lowest BCUT2D eigenvalue weighted by atomic mass is 9.99. The van der Waals surface area contributed by atoms with Gasteiger partial charge in [-0.15, -0.1) is 11.3 Å². The molecule has 0 saturated heterocycles. The Morgan fingerprint density at radius 2 is 2.24 bits per heavy atom. The molecule has 0 fully saturated rings. The highest BCUT2D eigenvalue weighted by atomic mass is 32.1. The van der Waals surface area contributed by atoms with Crippen molar-refractivity contribution in [1.82, 2.24) is 4.90 Å². The number of aryl methyl sites for hydroxylation is 1. The number of nitrogens with zero attached hydrogens (tertiary/aromatic N) is 1. The van der Waals surface area contributed by atoms with Crippen LogP contribution in [0.1, 0.15) is 22.4 Å². The van der Waals surface area contributed by atoms with Gasteiger partial charge >= 0.3 is 0 Å². The third kappa shape index (κ3) is 3.27. The van der Waals surface area contributed by atoms with Crippen molar-refractivity contribution in [2.45, 2.75) is 25.8 Å². The van der Waals surface area contributed by atoms with Gasteiger partial charge in [0.15, 0.2) is 0 Å². The Bertz CT molecular complexity index is 622. The summed E-state index contributed by atoms with van der Waals surface area (Å²) in [6.07, 6.45) is 2.37. The first kappa shape index (κ1) is 14.1. The van der Waals surface area contributed by atoms with Crippen LogP contribution in [-0.2, 0) is 24.2 Å². The van der Waals surface area contributed by atoms with Crippen LogP contribution in [0.15, 0.2) is 35.7 Å². The molecule has 1 aromatic heterocycles. The summed E-state index contributed by atoms with van der Waals surface area (Å²) in [7, 11) is 1.69. The van der Waals surface area contributed by atoms with Gasteiger partial charge in [-0.3, -0.25) is 4.79 Å². The first-order chi connectivity index (χ1) is 10.3. The van der Waals surface area contributed by atoms with E-state index >= 15 is 0 Å². The van der Waals surface area contributed by atoms with E-state index in [1.54, 1.807) is 18.4 Å². The van der Waals surface area contributed by atoms with Crippen molar-refractivity contribution in [3.05, 3.63) is 51.7 Å². The fourth-order valence-corrected chi connectivity index (χ4v) is 3.42. The van der Waals surface area contributed by atoms with E-state index in [0.29, 0.717) is 6.42 Å². The molecule has 110 valence electrons. The lowest BCUT2D eigenvalue weighted by molar-refractivity contribution is -0.132. The van der Waals surface area contributed by atoms with E-state index < -0.39 is 0 Å². The molecule has 0 aliphatic carbocycles. The predicted octanol–water partition coefficient (Wildman–Crippen LogP) is 3.27. The van der Waals surface area contributed by atoms with E-state index in [9.17, 15) is 4.79 Å². The predicted molar refractivity (Wildman–Crippen MR) is 84.8 cm³/mol. The minimum absolute atomic E-state index is 0.255. The van der Waals surface area contributed by atoms with Crippen LogP contribution in [0.3, 0.4) is 0 Å². The monoisotopic (exact) mass is 301 g/mol. The summed E-state index contributed by atoms with van der Waals surface area (Å²) < 4.78 is 5.26. The number of hydrogen-bond acceptors (Lipinski definition) is 3. The van der Waals surface area contributed by atoms with Gasteiger partial charge in [-0.25, -0.2) is 0 Å². The molecule has 1 aliphatic rings. The second kappa shape index (κ2) is 6.31. The van der Waals surface area contributed by atoms with Gasteiger partial charge in [0.1, 0.15) is 5.75 Å². The van der Waals surface area contributed by atoms with Crippen LogP contribution in [0, 0.1) is 0 Å². The minimum atomic E-state index is 0.255. The van der Waals surface area contributed by atoms with Crippen molar-refractivity contribution < 1.29 is 9.53 Å². The van der Waals surface area contributed by atoms with Gasteiger partial charge in [0.25, 0.3) is 0 Å². The van der Waals surface area contributed by atoms with Crippen LogP contribution in [0.5, 0.6) is 5.75 Å². The van der Waals surface area contributed by atoms with Crippen molar-refractivity contribution in [2.24, 2.45) is 0 Å². The average Bonchev–Trinajstić information content (AvgIpc) is 3.05. The molecule has 0 N–H and O–H groups in total. The number of carbonyl (C=O) groups is 1. The molecular weight excluding hydrogens is 282 g/mol. The van der Waals surface area contributed by atoms with E-state index in [-0.39, 0.29) is 5.91 Å². The number of thiophene rings is 1.